The Morgan fingerprint density at radius 3 is 2.77 bits per heavy atom. The zero-order valence-corrected chi connectivity index (χ0v) is 8.18. The Hall–Kier alpha value is -1.16. The molecule has 0 aliphatic rings. The van der Waals surface area contributed by atoms with Gasteiger partial charge in [-0.1, -0.05) is 15.9 Å². The molecule has 13 heavy (non-hydrogen) atoms. The second-order valence-corrected chi connectivity index (χ2v) is 3.52. The van der Waals surface area contributed by atoms with Crippen molar-refractivity contribution in [2.45, 2.75) is 0 Å². The molecule has 0 aliphatic heterocycles. The number of aromatic nitrogens is 1. The molecule has 2 rings (SSSR count). The van der Waals surface area contributed by atoms with Crippen LogP contribution in [0.5, 0.6) is 0 Å². The van der Waals surface area contributed by atoms with E-state index in [1.165, 1.54) is 6.07 Å². The zero-order chi connectivity index (χ0) is 9.42. The van der Waals surface area contributed by atoms with E-state index in [4.69, 9.17) is 5.73 Å². The molecule has 0 unspecified atom stereocenters. The number of fused-ring (bicyclic) bond motifs is 1. The van der Waals surface area contributed by atoms with Crippen LogP contribution < -0.4 is 5.73 Å². The van der Waals surface area contributed by atoms with E-state index in [1.807, 2.05) is 0 Å². The molecule has 2 nitrogen and oxygen atoms in total. The monoisotopic (exact) mass is 240 g/mol. The first-order valence-electron chi connectivity index (χ1n) is 3.69. The summed E-state index contributed by atoms with van der Waals surface area (Å²) >= 11 is 3.31. The van der Waals surface area contributed by atoms with Crippen molar-refractivity contribution in [2.75, 3.05) is 5.73 Å². The lowest BCUT2D eigenvalue weighted by atomic mass is 10.2. The molecule has 0 radical (unpaired) electrons. The molecule has 0 spiro atoms. The van der Waals surface area contributed by atoms with Crippen molar-refractivity contribution in [3.05, 3.63) is 34.6 Å². The van der Waals surface area contributed by atoms with E-state index >= 15 is 0 Å². The summed E-state index contributed by atoms with van der Waals surface area (Å²) in [6.45, 7) is 0. The smallest absolute Gasteiger partial charge is 0.149 e. The molecule has 1 aromatic heterocycles. The average molecular weight is 241 g/mol. The van der Waals surface area contributed by atoms with Gasteiger partial charge >= 0.3 is 0 Å². The van der Waals surface area contributed by atoms with Crippen molar-refractivity contribution in [1.29, 1.82) is 0 Å². The predicted octanol–water partition coefficient (Wildman–Crippen LogP) is 2.72. The first-order valence-corrected chi connectivity index (χ1v) is 4.48. The lowest BCUT2D eigenvalue weighted by molar-refractivity contribution is 0.637. The Labute approximate surface area is 82.7 Å². The maximum atomic E-state index is 13.2. The minimum Gasteiger partial charge on any atom is -0.384 e. The van der Waals surface area contributed by atoms with Crippen molar-refractivity contribution in [3.63, 3.8) is 0 Å². The Morgan fingerprint density at radius 1 is 1.23 bits per heavy atom. The lowest BCUT2D eigenvalue weighted by Crippen LogP contribution is -1.92. The van der Waals surface area contributed by atoms with Gasteiger partial charge in [0, 0.05) is 9.86 Å². The molecule has 2 aromatic rings. The first-order chi connectivity index (χ1) is 6.18. The molecule has 66 valence electrons. The molecule has 0 saturated heterocycles. The Balaban J connectivity index is 2.92. The van der Waals surface area contributed by atoms with Gasteiger partial charge in [-0.3, -0.25) is 0 Å². The predicted molar refractivity (Wildman–Crippen MR) is 53.8 cm³/mol. The van der Waals surface area contributed by atoms with Crippen LogP contribution in [0.4, 0.5) is 10.2 Å². The van der Waals surface area contributed by atoms with Crippen LogP contribution in [-0.2, 0) is 0 Å². The topological polar surface area (TPSA) is 38.9 Å². The van der Waals surface area contributed by atoms with E-state index in [2.05, 4.69) is 20.9 Å². The lowest BCUT2D eigenvalue weighted by Gasteiger charge is -2.01. The van der Waals surface area contributed by atoms with Crippen LogP contribution in [0.2, 0.25) is 0 Å². The molecule has 0 amide bonds. The summed E-state index contributed by atoms with van der Waals surface area (Å²) in [4.78, 5) is 3.91. The molecule has 0 aliphatic carbocycles. The number of rotatable bonds is 0. The average Bonchev–Trinajstić information content (AvgIpc) is 2.12. The fourth-order valence-corrected chi connectivity index (χ4v) is 1.62. The number of nitrogens with two attached hydrogens (primary N) is 1. The number of halogens is 2. The maximum Gasteiger partial charge on any atom is 0.149 e. The van der Waals surface area contributed by atoms with Crippen molar-refractivity contribution in [1.82, 2.24) is 4.98 Å². The van der Waals surface area contributed by atoms with Gasteiger partial charge in [0.15, 0.2) is 0 Å². The highest BCUT2D eigenvalue weighted by Crippen LogP contribution is 2.25. The molecule has 1 aromatic carbocycles. The minimum absolute atomic E-state index is 0.300. The first kappa shape index (κ1) is 8.44. The SMILES string of the molecule is Nc1ccc2c(Br)ccc(F)c2n1. The van der Waals surface area contributed by atoms with Crippen LogP contribution in [-0.4, -0.2) is 4.98 Å². The summed E-state index contributed by atoms with van der Waals surface area (Å²) in [7, 11) is 0. The highest BCUT2D eigenvalue weighted by Gasteiger charge is 2.05. The highest BCUT2D eigenvalue weighted by molar-refractivity contribution is 9.10. The molecule has 0 saturated carbocycles. The van der Waals surface area contributed by atoms with Gasteiger partial charge in [0.05, 0.1) is 0 Å². The van der Waals surface area contributed by atoms with Gasteiger partial charge in [-0.15, -0.1) is 0 Å². The summed E-state index contributed by atoms with van der Waals surface area (Å²) in [6, 6.07) is 6.39. The molecular weight excluding hydrogens is 235 g/mol. The van der Waals surface area contributed by atoms with Crippen LogP contribution in [0.1, 0.15) is 0 Å². The molecule has 2 N–H and O–H groups in total. The van der Waals surface area contributed by atoms with Crippen LogP contribution in [0, 0.1) is 5.82 Å². The quantitative estimate of drug-likeness (QED) is 0.770. The molecule has 0 fully saturated rings. The molecule has 0 bridgehead atoms. The standard InChI is InChI=1S/C9H6BrFN2/c10-6-2-3-7(11)9-5(6)1-4-8(12)13-9/h1-4H,(H2,12,13). The largest absolute Gasteiger partial charge is 0.384 e. The van der Waals surface area contributed by atoms with E-state index in [0.717, 1.165) is 9.86 Å². The number of benzene rings is 1. The Bertz CT molecular complexity index is 470. The van der Waals surface area contributed by atoms with Crippen LogP contribution in [0.15, 0.2) is 28.7 Å². The van der Waals surface area contributed by atoms with Crippen LogP contribution in [0.25, 0.3) is 10.9 Å². The fourth-order valence-electron chi connectivity index (χ4n) is 1.16. The van der Waals surface area contributed by atoms with Crippen molar-refractivity contribution in [3.8, 4) is 0 Å². The van der Waals surface area contributed by atoms with Gasteiger partial charge in [-0.05, 0) is 24.3 Å². The zero-order valence-electron chi connectivity index (χ0n) is 6.59. The number of nitrogens with zero attached hydrogens (tertiary/aromatic N) is 1. The second kappa shape index (κ2) is 2.96. The number of anilines is 1. The minimum atomic E-state index is -0.356. The summed E-state index contributed by atoms with van der Waals surface area (Å²) in [5.41, 5.74) is 5.75. The maximum absolute atomic E-state index is 13.2. The number of hydrogen-bond acceptors (Lipinski definition) is 2. The van der Waals surface area contributed by atoms with Gasteiger partial charge < -0.3 is 5.73 Å². The van der Waals surface area contributed by atoms with Crippen LogP contribution >= 0.6 is 15.9 Å². The molecule has 0 atom stereocenters. The van der Waals surface area contributed by atoms with Crippen LogP contribution in [0.3, 0.4) is 0 Å². The van der Waals surface area contributed by atoms with E-state index < -0.39 is 0 Å². The third-order valence-electron chi connectivity index (χ3n) is 1.78. The summed E-state index contributed by atoms with van der Waals surface area (Å²) < 4.78 is 14.0. The number of hydrogen-bond donors (Lipinski definition) is 1. The summed E-state index contributed by atoms with van der Waals surface area (Å²) in [5.74, 6) is -0.0324. The van der Waals surface area contributed by atoms with E-state index in [9.17, 15) is 4.39 Å². The summed E-state index contributed by atoms with van der Waals surface area (Å²) in [5, 5.41) is 0.731. The third kappa shape index (κ3) is 1.37. The number of nitrogen functional groups attached to an aromatic ring is 1. The Morgan fingerprint density at radius 2 is 2.00 bits per heavy atom. The normalized spacial score (nSPS) is 10.6. The van der Waals surface area contributed by atoms with Gasteiger partial charge in [0.2, 0.25) is 0 Å². The second-order valence-electron chi connectivity index (χ2n) is 2.66. The van der Waals surface area contributed by atoms with E-state index in [1.54, 1.807) is 18.2 Å². The van der Waals surface area contributed by atoms with Crippen molar-refractivity contribution in [2.24, 2.45) is 0 Å². The van der Waals surface area contributed by atoms with Gasteiger partial charge in [-0.25, -0.2) is 9.37 Å². The molecule has 1 heterocycles. The molecular formula is C9H6BrFN2. The van der Waals surface area contributed by atoms with Gasteiger partial charge in [0.1, 0.15) is 17.2 Å². The van der Waals surface area contributed by atoms with Crippen molar-refractivity contribution >= 4 is 32.7 Å². The highest BCUT2D eigenvalue weighted by atomic mass is 79.9. The van der Waals surface area contributed by atoms with E-state index in [-0.39, 0.29) is 5.82 Å². The number of pyridine rings is 1. The summed E-state index contributed by atoms with van der Waals surface area (Å²) in [6.07, 6.45) is 0. The fraction of sp³-hybridized carbons (Fsp3) is 0. The van der Waals surface area contributed by atoms with Gasteiger partial charge in [-0.2, -0.15) is 0 Å². The third-order valence-corrected chi connectivity index (χ3v) is 2.47. The van der Waals surface area contributed by atoms with E-state index in [0.29, 0.717) is 11.3 Å². The Kier molecular flexibility index (Phi) is 1.92. The van der Waals surface area contributed by atoms with Crippen molar-refractivity contribution < 1.29 is 4.39 Å². The molecule has 4 heteroatoms. The van der Waals surface area contributed by atoms with Gasteiger partial charge in [0.25, 0.3) is 0 Å².